The third-order valence-corrected chi connectivity index (χ3v) is 5.25. The zero-order valence-electron chi connectivity index (χ0n) is 17.4. The van der Waals surface area contributed by atoms with Crippen molar-refractivity contribution in [2.24, 2.45) is 5.73 Å². The monoisotopic (exact) mass is 419 g/mol. The summed E-state index contributed by atoms with van der Waals surface area (Å²) in [4.78, 5) is 28.2. The van der Waals surface area contributed by atoms with E-state index in [9.17, 15) is 4.79 Å². The summed E-state index contributed by atoms with van der Waals surface area (Å²) in [5.41, 5.74) is 8.71. The number of pyridine rings is 1. The topological polar surface area (TPSA) is 120 Å². The van der Waals surface area contributed by atoms with Crippen molar-refractivity contribution in [3.05, 3.63) is 60.8 Å². The number of nitrogens with zero attached hydrogens (tertiary/aromatic N) is 3. The van der Waals surface area contributed by atoms with Gasteiger partial charge in [-0.15, -0.1) is 0 Å². The van der Waals surface area contributed by atoms with Crippen LogP contribution in [0.5, 0.6) is 5.75 Å². The molecule has 0 bridgehead atoms. The number of aromatic nitrogens is 4. The van der Waals surface area contributed by atoms with Crippen LogP contribution in [0.4, 0.5) is 0 Å². The molecule has 3 N–H and O–H groups in total. The summed E-state index contributed by atoms with van der Waals surface area (Å²) < 4.78 is 10.6. The number of benzene rings is 1. The second kappa shape index (κ2) is 9.53. The maximum Gasteiger partial charge on any atom is 0.264 e. The molecule has 8 nitrogen and oxygen atoms in total. The molecule has 4 aromatic rings. The van der Waals surface area contributed by atoms with Crippen molar-refractivity contribution in [1.29, 1.82) is 0 Å². The van der Waals surface area contributed by atoms with Gasteiger partial charge in [-0.1, -0.05) is 18.9 Å². The Labute approximate surface area is 179 Å². The maximum atomic E-state index is 12.1. The number of ether oxygens (including phenoxy) is 1. The van der Waals surface area contributed by atoms with E-state index in [1.165, 1.54) is 12.5 Å². The zero-order chi connectivity index (χ0) is 21.6. The molecule has 31 heavy (non-hydrogen) atoms. The molecule has 0 saturated carbocycles. The fourth-order valence-electron chi connectivity index (χ4n) is 3.58. The summed E-state index contributed by atoms with van der Waals surface area (Å²) in [6.45, 7) is 0. The predicted octanol–water partition coefficient (Wildman–Crippen LogP) is 3.93. The summed E-state index contributed by atoms with van der Waals surface area (Å²) >= 11 is 0. The lowest BCUT2D eigenvalue weighted by atomic mass is 10.0. The Morgan fingerprint density at radius 3 is 2.90 bits per heavy atom. The number of aryl methyl sites for hydroxylation is 1. The number of oxazole rings is 1. The lowest BCUT2D eigenvalue weighted by Crippen LogP contribution is -2.30. The number of hydrogen-bond acceptors (Lipinski definition) is 7. The van der Waals surface area contributed by atoms with Gasteiger partial charge in [-0.3, -0.25) is 9.78 Å². The maximum absolute atomic E-state index is 12.1. The molecule has 0 spiro atoms. The number of methoxy groups -OCH3 is 1. The van der Waals surface area contributed by atoms with Crippen molar-refractivity contribution >= 4 is 16.7 Å². The SMILES string of the molecule is COc1cc2ncccc2cc1-c1cnc(CCCCCC(N)C(=O)c2ncco2)[nH]1. The first-order valence-electron chi connectivity index (χ1n) is 10.3. The highest BCUT2D eigenvalue weighted by Gasteiger charge is 2.19. The molecule has 1 unspecified atom stereocenters. The Morgan fingerprint density at radius 2 is 2.10 bits per heavy atom. The highest BCUT2D eigenvalue weighted by atomic mass is 16.5. The Kier molecular flexibility index (Phi) is 6.37. The molecular weight excluding hydrogens is 394 g/mol. The van der Waals surface area contributed by atoms with Gasteiger partial charge in [-0.25, -0.2) is 9.97 Å². The van der Waals surface area contributed by atoms with Gasteiger partial charge in [0.2, 0.25) is 5.78 Å². The van der Waals surface area contributed by atoms with E-state index in [0.717, 1.165) is 59.4 Å². The highest BCUT2D eigenvalue weighted by molar-refractivity contribution is 5.95. The lowest BCUT2D eigenvalue weighted by Gasteiger charge is -2.09. The molecule has 0 aliphatic rings. The number of fused-ring (bicyclic) bond motifs is 1. The van der Waals surface area contributed by atoms with Crippen LogP contribution in [-0.2, 0) is 6.42 Å². The molecule has 1 atom stereocenters. The molecule has 160 valence electrons. The third kappa shape index (κ3) is 4.80. The van der Waals surface area contributed by atoms with Crippen LogP contribution in [0, 0.1) is 0 Å². The van der Waals surface area contributed by atoms with E-state index in [-0.39, 0.29) is 11.7 Å². The van der Waals surface area contributed by atoms with E-state index in [4.69, 9.17) is 14.9 Å². The minimum absolute atomic E-state index is 0.0792. The summed E-state index contributed by atoms with van der Waals surface area (Å²) in [5, 5.41) is 1.05. The van der Waals surface area contributed by atoms with Gasteiger partial charge in [-0.2, -0.15) is 0 Å². The number of hydrogen-bond donors (Lipinski definition) is 2. The minimum Gasteiger partial charge on any atom is -0.496 e. The van der Waals surface area contributed by atoms with Crippen LogP contribution in [-0.4, -0.2) is 38.9 Å². The predicted molar refractivity (Wildman–Crippen MR) is 117 cm³/mol. The standard InChI is InChI=1S/C23H25N5O3/c1-30-20-13-18-15(6-5-9-25-18)12-16(20)19-14-27-21(28-19)8-4-2-3-7-17(24)22(29)23-26-10-11-31-23/h5-6,9-14,17H,2-4,7-8,24H2,1H3,(H,27,28). The average Bonchev–Trinajstić information content (AvgIpc) is 3.49. The molecule has 3 aromatic heterocycles. The first-order chi connectivity index (χ1) is 15.2. The molecule has 0 aliphatic carbocycles. The molecule has 0 fully saturated rings. The van der Waals surface area contributed by atoms with Gasteiger partial charge in [0.25, 0.3) is 5.89 Å². The number of carbonyl (C=O) groups is 1. The number of ketones is 1. The van der Waals surface area contributed by atoms with Crippen LogP contribution in [0.1, 0.15) is 42.2 Å². The molecule has 0 aliphatic heterocycles. The van der Waals surface area contributed by atoms with Crippen molar-refractivity contribution in [3.8, 4) is 17.0 Å². The quantitative estimate of drug-likeness (QED) is 0.295. The summed E-state index contributed by atoms with van der Waals surface area (Å²) in [6.07, 6.45) is 10.6. The normalized spacial score (nSPS) is 12.2. The molecular formula is C23H25N5O3. The van der Waals surface area contributed by atoms with Crippen molar-refractivity contribution in [2.45, 2.75) is 38.1 Å². The van der Waals surface area contributed by atoms with E-state index < -0.39 is 6.04 Å². The molecule has 0 saturated heterocycles. The van der Waals surface area contributed by atoms with Crippen LogP contribution in [0.15, 0.2) is 53.5 Å². The molecule has 4 rings (SSSR count). The van der Waals surface area contributed by atoms with Crippen LogP contribution >= 0.6 is 0 Å². The van der Waals surface area contributed by atoms with Gasteiger partial charge in [0, 0.05) is 29.6 Å². The molecule has 0 radical (unpaired) electrons. The molecule has 3 heterocycles. The summed E-state index contributed by atoms with van der Waals surface area (Å²) in [7, 11) is 1.66. The van der Waals surface area contributed by atoms with Gasteiger partial charge >= 0.3 is 0 Å². The van der Waals surface area contributed by atoms with Gasteiger partial charge in [0.15, 0.2) is 0 Å². The molecule has 8 heteroatoms. The smallest absolute Gasteiger partial charge is 0.264 e. The second-order valence-electron chi connectivity index (χ2n) is 7.40. The van der Waals surface area contributed by atoms with E-state index in [1.54, 1.807) is 13.3 Å². The summed E-state index contributed by atoms with van der Waals surface area (Å²) in [5.74, 6) is 1.50. The number of nitrogens with two attached hydrogens (primary N) is 1. The van der Waals surface area contributed by atoms with E-state index in [1.807, 2.05) is 24.4 Å². The zero-order valence-corrected chi connectivity index (χ0v) is 17.4. The fourth-order valence-corrected chi connectivity index (χ4v) is 3.58. The highest BCUT2D eigenvalue weighted by Crippen LogP contribution is 2.32. The number of unbranched alkanes of at least 4 members (excludes halogenated alkanes) is 2. The van der Waals surface area contributed by atoms with Gasteiger partial charge in [-0.05, 0) is 25.0 Å². The van der Waals surface area contributed by atoms with Crippen molar-refractivity contribution in [2.75, 3.05) is 7.11 Å². The first kappa shape index (κ1) is 20.7. The molecule has 0 amide bonds. The first-order valence-corrected chi connectivity index (χ1v) is 10.3. The van der Waals surface area contributed by atoms with Crippen molar-refractivity contribution in [1.82, 2.24) is 19.9 Å². The molecule has 1 aromatic carbocycles. The number of rotatable bonds is 10. The van der Waals surface area contributed by atoms with Crippen LogP contribution in [0.3, 0.4) is 0 Å². The third-order valence-electron chi connectivity index (χ3n) is 5.25. The lowest BCUT2D eigenvalue weighted by molar-refractivity contribution is 0.0921. The number of imidazole rings is 1. The van der Waals surface area contributed by atoms with E-state index in [0.29, 0.717) is 6.42 Å². The van der Waals surface area contributed by atoms with Crippen molar-refractivity contribution in [3.63, 3.8) is 0 Å². The Bertz CT molecular complexity index is 1150. The van der Waals surface area contributed by atoms with Crippen LogP contribution < -0.4 is 10.5 Å². The van der Waals surface area contributed by atoms with Gasteiger partial charge in [0.1, 0.15) is 17.8 Å². The number of carbonyl (C=O) groups excluding carboxylic acids is 1. The second-order valence-corrected chi connectivity index (χ2v) is 7.40. The van der Waals surface area contributed by atoms with Crippen molar-refractivity contribution < 1.29 is 13.9 Å². The minimum atomic E-state index is -0.580. The fraction of sp³-hybridized carbons (Fsp3) is 0.304. The van der Waals surface area contributed by atoms with Crippen LogP contribution in [0.25, 0.3) is 22.2 Å². The number of Topliss-reactive ketones (excluding diaryl/α,β-unsaturated/α-hetero) is 1. The average molecular weight is 419 g/mol. The number of H-pyrrole nitrogens is 1. The largest absolute Gasteiger partial charge is 0.496 e. The van der Waals surface area contributed by atoms with E-state index >= 15 is 0 Å². The number of nitrogens with one attached hydrogen (secondary N) is 1. The Hall–Kier alpha value is -3.52. The van der Waals surface area contributed by atoms with Crippen LogP contribution in [0.2, 0.25) is 0 Å². The Morgan fingerprint density at radius 1 is 1.19 bits per heavy atom. The summed E-state index contributed by atoms with van der Waals surface area (Å²) in [6, 6.07) is 7.36. The van der Waals surface area contributed by atoms with E-state index in [2.05, 4.69) is 26.0 Å². The van der Waals surface area contributed by atoms with Gasteiger partial charge < -0.3 is 19.9 Å². The Balaban J connectivity index is 1.31. The van der Waals surface area contributed by atoms with Gasteiger partial charge in [0.05, 0.1) is 36.8 Å². The number of aromatic amines is 1.